The minimum absolute atomic E-state index is 0.309. The maximum atomic E-state index is 11.4. The first-order valence-corrected chi connectivity index (χ1v) is 5.95. The van der Waals surface area contributed by atoms with E-state index >= 15 is 0 Å². The second-order valence-corrected chi connectivity index (χ2v) is 4.40. The van der Waals surface area contributed by atoms with Crippen molar-refractivity contribution in [1.82, 2.24) is 14.7 Å². The van der Waals surface area contributed by atoms with Gasteiger partial charge >= 0.3 is 6.03 Å². The number of anilines is 1. The molecule has 0 aliphatic heterocycles. The number of rotatable bonds is 3. The van der Waals surface area contributed by atoms with Gasteiger partial charge in [-0.1, -0.05) is 23.7 Å². The van der Waals surface area contributed by atoms with Gasteiger partial charge in [0.2, 0.25) is 5.13 Å². The average Bonchev–Trinajstić information content (AvgIpc) is 2.81. The Morgan fingerprint density at radius 2 is 2.12 bits per heavy atom. The number of carbonyl (C=O) groups excluding carboxylic acids is 1. The Kier molecular flexibility index (Phi) is 3.89. The maximum Gasteiger partial charge on any atom is 0.321 e. The molecule has 5 nitrogen and oxygen atoms in total. The SMILES string of the molecule is O=C(NCc1ccc(Cl)cc1)Nc1ncns1. The first kappa shape index (κ1) is 11.8. The number of amides is 2. The van der Waals surface area contributed by atoms with E-state index in [1.54, 1.807) is 12.1 Å². The van der Waals surface area contributed by atoms with Crippen LogP contribution in [0.4, 0.5) is 9.93 Å². The number of nitrogens with one attached hydrogen (secondary N) is 2. The molecule has 0 atom stereocenters. The summed E-state index contributed by atoms with van der Waals surface area (Å²) < 4.78 is 3.78. The van der Waals surface area contributed by atoms with E-state index in [-0.39, 0.29) is 6.03 Å². The van der Waals surface area contributed by atoms with Crippen molar-refractivity contribution in [2.24, 2.45) is 0 Å². The summed E-state index contributed by atoms with van der Waals surface area (Å²) in [5, 5.41) is 6.42. The second-order valence-electron chi connectivity index (χ2n) is 3.18. The smallest absolute Gasteiger partial charge is 0.321 e. The van der Waals surface area contributed by atoms with Crippen LogP contribution in [0.1, 0.15) is 5.56 Å². The molecular formula is C10H9ClN4OS. The van der Waals surface area contributed by atoms with E-state index in [4.69, 9.17) is 11.6 Å². The number of nitrogens with zero attached hydrogens (tertiary/aromatic N) is 2. The van der Waals surface area contributed by atoms with Crippen molar-refractivity contribution >= 4 is 34.3 Å². The van der Waals surface area contributed by atoms with Crippen molar-refractivity contribution < 1.29 is 4.79 Å². The highest BCUT2D eigenvalue weighted by Gasteiger charge is 2.03. The molecule has 0 fully saturated rings. The third-order valence-electron chi connectivity index (χ3n) is 1.95. The second kappa shape index (κ2) is 5.60. The Labute approximate surface area is 107 Å². The Hall–Kier alpha value is -1.66. The average molecular weight is 269 g/mol. The Balaban J connectivity index is 1.82. The summed E-state index contributed by atoms with van der Waals surface area (Å²) in [6.45, 7) is 0.432. The van der Waals surface area contributed by atoms with E-state index in [1.165, 1.54) is 6.33 Å². The lowest BCUT2D eigenvalue weighted by Crippen LogP contribution is -2.28. The van der Waals surface area contributed by atoms with Gasteiger partial charge in [-0.05, 0) is 17.7 Å². The van der Waals surface area contributed by atoms with Crippen molar-refractivity contribution in [3.8, 4) is 0 Å². The third-order valence-corrected chi connectivity index (χ3v) is 2.78. The zero-order valence-corrected chi connectivity index (χ0v) is 10.3. The van der Waals surface area contributed by atoms with Gasteiger partial charge in [-0.3, -0.25) is 5.32 Å². The highest BCUT2D eigenvalue weighted by Crippen LogP contribution is 2.09. The largest absolute Gasteiger partial charge is 0.334 e. The fourth-order valence-electron chi connectivity index (χ4n) is 1.15. The fraction of sp³-hybridized carbons (Fsp3) is 0.100. The van der Waals surface area contributed by atoms with Crippen LogP contribution in [0.2, 0.25) is 5.02 Å². The molecule has 7 heteroatoms. The summed E-state index contributed by atoms with van der Waals surface area (Å²) in [5.74, 6) is 0. The molecule has 1 aromatic carbocycles. The number of urea groups is 1. The molecule has 0 bridgehead atoms. The van der Waals surface area contributed by atoms with E-state index in [0.717, 1.165) is 17.1 Å². The van der Waals surface area contributed by atoms with E-state index in [9.17, 15) is 4.79 Å². The number of benzene rings is 1. The molecule has 0 radical (unpaired) electrons. The van der Waals surface area contributed by atoms with Gasteiger partial charge in [-0.25, -0.2) is 9.78 Å². The van der Waals surface area contributed by atoms with Crippen LogP contribution in [0.25, 0.3) is 0 Å². The fourth-order valence-corrected chi connectivity index (χ4v) is 1.71. The summed E-state index contributed by atoms with van der Waals surface area (Å²) in [6, 6.07) is 6.96. The van der Waals surface area contributed by atoms with E-state index in [2.05, 4.69) is 20.0 Å². The number of aromatic nitrogens is 2. The van der Waals surface area contributed by atoms with Gasteiger partial charge in [0, 0.05) is 23.1 Å². The normalized spacial score (nSPS) is 9.94. The molecule has 0 unspecified atom stereocenters. The van der Waals surface area contributed by atoms with Gasteiger partial charge in [0.05, 0.1) is 0 Å². The molecule has 1 aromatic heterocycles. The molecule has 2 N–H and O–H groups in total. The Morgan fingerprint density at radius 3 is 2.76 bits per heavy atom. The minimum Gasteiger partial charge on any atom is -0.334 e. The minimum atomic E-state index is -0.309. The lowest BCUT2D eigenvalue weighted by atomic mass is 10.2. The standard InChI is InChI=1S/C10H9ClN4OS/c11-8-3-1-7(2-4-8)5-12-9(16)15-10-13-6-14-17-10/h1-4,6H,5H2,(H2,12,13,14,15,16). The first-order valence-electron chi connectivity index (χ1n) is 4.80. The van der Waals surface area contributed by atoms with Gasteiger partial charge < -0.3 is 5.32 Å². The molecule has 17 heavy (non-hydrogen) atoms. The van der Waals surface area contributed by atoms with Crippen molar-refractivity contribution in [2.45, 2.75) is 6.54 Å². The highest BCUT2D eigenvalue weighted by molar-refractivity contribution is 7.09. The van der Waals surface area contributed by atoms with Crippen LogP contribution < -0.4 is 10.6 Å². The Bertz CT molecular complexity index is 486. The van der Waals surface area contributed by atoms with Crippen molar-refractivity contribution in [2.75, 3.05) is 5.32 Å². The topological polar surface area (TPSA) is 66.9 Å². The molecule has 0 aliphatic rings. The number of hydrogen-bond acceptors (Lipinski definition) is 4. The molecule has 0 spiro atoms. The van der Waals surface area contributed by atoms with Gasteiger partial charge in [-0.2, -0.15) is 4.37 Å². The molecule has 2 aromatic rings. The zero-order valence-electron chi connectivity index (χ0n) is 8.68. The maximum absolute atomic E-state index is 11.4. The summed E-state index contributed by atoms with van der Waals surface area (Å²) in [5.41, 5.74) is 0.974. The molecular weight excluding hydrogens is 260 g/mol. The van der Waals surface area contributed by atoms with Crippen LogP contribution in [0.5, 0.6) is 0 Å². The first-order chi connectivity index (χ1) is 8.24. The molecule has 2 rings (SSSR count). The van der Waals surface area contributed by atoms with Crippen molar-refractivity contribution in [3.05, 3.63) is 41.2 Å². The zero-order chi connectivity index (χ0) is 12.1. The summed E-state index contributed by atoms with van der Waals surface area (Å²) in [6.07, 6.45) is 1.39. The van der Waals surface area contributed by atoms with Crippen molar-refractivity contribution in [1.29, 1.82) is 0 Å². The summed E-state index contributed by atoms with van der Waals surface area (Å²) in [4.78, 5) is 15.3. The molecule has 2 amide bonds. The van der Waals surface area contributed by atoms with E-state index in [0.29, 0.717) is 16.7 Å². The molecule has 88 valence electrons. The monoisotopic (exact) mass is 268 g/mol. The van der Waals surface area contributed by atoms with E-state index in [1.807, 2.05) is 12.1 Å². The predicted octanol–water partition coefficient (Wildman–Crippen LogP) is 2.51. The van der Waals surface area contributed by atoms with Gasteiger partial charge in [0.15, 0.2) is 0 Å². The molecule has 0 aliphatic carbocycles. The highest BCUT2D eigenvalue weighted by atomic mass is 35.5. The summed E-state index contributed by atoms with van der Waals surface area (Å²) in [7, 11) is 0. The molecule has 0 saturated heterocycles. The van der Waals surface area contributed by atoms with Crippen LogP contribution in [0.15, 0.2) is 30.6 Å². The molecule has 1 heterocycles. The van der Waals surface area contributed by atoms with Gasteiger partial charge in [-0.15, -0.1) is 0 Å². The van der Waals surface area contributed by atoms with Crippen LogP contribution in [-0.4, -0.2) is 15.4 Å². The van der Waals surface area contributed by atoms with Crippen LogP contribution in [0, 0.1) is 0 Å². The number of hydrogen-bond donors (Lipinski definition) is 2. The van der Waals surface area contributed by atoms with Crippen LogP contribution >= 0.6 is 23.1 Å². The lowest BCUT2D eigenvalue weighted by molar-refractivity contribution is 0.251. The summed E-state index contributed by atoms with van der Waals surface area (Å²) >= 11 is 6.88. The van der Waals surface area contributed by atoms with Crippen LogP contribution in [-0.2, 0) is 6.54 Å². The van der Waals surface area contributed by atoms with E-state index < -0.39 is 0 Å². The number of halogens is 1. The Morgan fingerprint density at radius 1 is 1.35 bits per heavy atom. The number of carbonyl (C=O) groups is 1. The van der Waals surface area contributed by atoms with Crippen molar-refractivity contribution in [3.63, 3.8) is 0 Å². The third kappa shape index (κ3) is 3.69. The van der Waals surface area contributed by atoms with Gasteiger partial charge in [0.1, 0.15) is 6.33 Å². The van der Waals surface area contributed by atoms with Crippen LogP contribution in [0.3, 0.4) is 0 Å². The van der Waals surface area contributed by atoms with Gasteiger partial charge in [0.25, 0.3) is 0 Å². The predicted molar refractivity (Wildman–Crippen MR) is 67.2 cm³/mol. The molecule has 0 saturated carbocycles. The lowest BCUT2D eigenvalue weighted by Gasteiger charge is -2.05. The quantitative estimate of drug-likeness (QED) is 0.899.